The Bertz CT molecular complexity index is 839. The summed E-state index contributed by atoms with van der Waals surface area (Å²) >= 11 is 4.82. The van der Waals surface area contributed by atoms with E-state index in [0.717, 1.165) is 4.68 Å². The first-order chi connectivity index (χ1) is 9.79. The van der Waals surface area contributed by atoms with Gasteiger partial charge in [0.05, 0.1) is 6.54 Å². The van der Waals surface area contributed by atoms with Crippen LogP contribution in [0.4, 0.5) is 4.39 Å². The van der Waals surface area contributed by atoms with Gasteiger partial charge in [0.1, 0.15) is 10.8 Å². The molecule has 3 N–H and O–H groups in total. The van der Waals surface area contributed by atoms with E-state index in [2.05, 4.69) is 5.10 Å². The molecule has 7 heteroatoms. The maximum absolute atomic E-state index is 13.5. The van der Waals surface area contributed by atoms with Crippen LogP contribution in [0.15, 0.2) is 27.8 Å². The van der Waals surface area contributed by atoms with Gasteiger partial charge in [0.2, 0.25) is 0 Å². The molecule has 1 heterocycles. The van der Waals surface area contributed by atoms with Crippen LogP contribution >= 0.6 is 12.2 Å². The Morgan fingerprint density at radius 2 is 1.95 bits per heavy atom. The van der Waals surface area contributed by atoms with Crippen molar-refractivity contribution in [2.45, 2.75) is 20.4 Å². The lowest BCUT2D eigenvalue weighted by Gasteiger charge is -2.09. The molecule has 0 unspecified atom stereocenters. The van der Waals surface area contributed by atoms with Crippen LogP contribution < -0.4 is 16.9 Å². The Morgan fingerprint density at radius 3 is 2.57 bits per heavy atom. The second-order valence-electron chi connectivity index (χ2n) is 4.79. The van der Waals surface area contributed by atoms with Crippen molar-refractivity contribution in [3.8, 4) is 0 Å². The molecule has 2 rings (SSSR count). The van der Waals surface area contributed by atoms with Crippen molar-refractivity contribution in [1.82, 2.24) is 9.78 Å². The van der Waals surface area contributed by atoms with Gasteiger partial charge in [-0.05, 0) is 37.6 Å². The number of thiocarbonyl (C=S) groups is 1. The molecule has 0 atom stereocenters. The lowest BCUT2D eigenvalue weighted by atomic mass is 10.1. The van der Waals surface area contributed by atoms with Crippen molar-refractivity contribution in [3.05, 3.63) is 67.0 Å². The van der Waals surface area contributed by atoms with Gasteiger partial charge in [-0.2, -0.15) is 0 Å². The first-order valence-corrected chi connectivity index (χ1v) is 6.60. The topological polar surface area (TPSA) is 80.9 Å². The van der Waals surface area contributed by atoms with E-state index in [-0.39, 0.29) is 22.7 Å². The third kappa shape index (κ3) is 3.08. The monoisotopic (exact) mass is 307 g/mol. The molecule has 5 nitrogen and oxygen atoms in total. The minimum Gasteiger partial charge on any atom is -0.389 e. The first kappa shape index (κ1) is 15.1. The van der Waals surface area contributed by atoms with Crippen LogP contribution in [0.1, 0.15) is 22.3 Å². The summed E-state index contributed by atoms with van der Waals surface area (Å²) in [5.74, 6) is -0.505. The van der Waals surface area contributed by atoms with Gasteiger partial charge in [-0.15, -0.1) is 0 Å². The van der Waals surface area contributed by atoms with Gasteiger partial charge < -0.3 is 5.73 Å². The highest BCUT2D eigenvalue weighted by Crippen LogP contribution is 2.10. The summed E-state index contributed by atoms with van der Waals surface area (Å²) in [6, 6.07) is 4.07. The van der Waals surface area contributed by atoms with E-state index in [1.165, 1.54) is 12.1 Å². The highest BCUT2D eigenvalue weighted by molar-refractivity contribution is 7.80. The quantitative estimate of drug-likeness (QED) is 0.828. The van der Waals surface area contributed by atoms with Crippen LogP contribution in [0, 0.1) is 19.7 Å². The van der Waals surface area contributed by atoms with Crippen LogP contribution in [0.3, 0.4) is 0 Å². The first-order valence-electron chi connectivity index (χ1n) is 6.19. The normalized spacial score (nSPS) is 10.6. The maximum Gasteiger partial charge on any atom is 0.268 e. The van der Waals surface area contributed by atoms with Crippen molar-refractivity contribution in [2.75, 3.05) is 0 Å². The van der Waals surface area contributed by atoms with Crippen LogP contribution in [0.2, 0.25) is 0 Å². The second kappa shape index (κ2) is 5.61. The second-order valence-corrected chi connectivity index (χ2v) is 5.23. The summed E-state index contributed by atoms with van der Waals surface area (Å²) in [7, 11) is 0. The SMILES string of the molecule is Cc1c(C)c(=O)n(Cc2cc(F)cc(C(N)=S)c2)[nH]c1=O. The number of aromatic amines is 1. The predicted molar refractivity (Wildman–Crippen MR) is 82.2 cm³/mol. The fraction of sp³-hybridized carbons (Fsp3) is 0.214. The van der Waals surface area contributed by atoms with Crippen molar-refractivity contribution in [1.29, 1.82) is 0 Å². The lowest BCUT2D eigenvalue weighted by molar-refractivity contribution is 0.601. The lowest BCUT2D eigenvalue weighted by Crippen LogP contribution is -2.33. The minimum absolute atomic E-state index is 0.0303. The number of halogens is 1. The molecule has 0 radical (unpaired) electrons. The zero-order valence-corrected chi connectivity index (χ0v) is 12.4. The summed E-state index contributed by atoms with van der Waals surface area (Å²) in [6.07, 6.45) is 0. The van der Waals surface area contributed by atoms with Crippen LogP contribution in [-0.4, -0.2) is 14.8 Å². The number of H-pyrrole nitrogens is 1. The molecular weight excluding hydrogens is 293 g/mol. The summed E-state index contributed by atoms with van der Waals surface area (Å²) in [6.45, 7) is 3.19. The third-order valence-corrected chi connectivity index (χ3v) is 3.52. The number of hydrogen-bond acceptors (Lipinski definition) is 3. The molecular formula is C14H14FN3O2S. The Labute approximate surface area is 125 Å². The Hall–Kier alpha value is -2.28. The number of rotatable bonds is 3. The van der Waals surface area contributed by atoms with E-state index in [1.54, 1.807) is 19.9 Å². The van der Waals surface area contributed by atoms with Gasteiger partial charge in [0.25, 0.3) is 11.1 Å². The Morgan fingerprint density at radius 1 is 1.29 bits per heavy atom. The highest BCUT2D eigenvalue weighted by atomic mass is 32.1. The number of benzene rings is 1. The van der Waals surface area contributed by atoms with Crippen LogP contribution in [0.5, 0.6) is 0 Å². The van der Waals surface area contributed by atoms with E-state index in [1.807, 2.05) is 0 Å². The molecule has 0 saturated carbocycles. The number of aromatic nitrogens is 2. The fourth-order valence-corrected chi connectivity index (χ4v) is 2.09. The standard InChI is InChI=1S/C14H14FN3O2S/c1-7-8(2)14(20)18(17-13(7)19)6-9-3-10(12(16)21)5-11(15)4-9/h3-5H,6H2,1-2H3,(H2,16,21)(H,17,19). The summed E-state index contributed by atoms with van der Waals surface area (Å²) < 4.78 is 14.7. The van der Waals surface area contributed by atoms with Gasteiger partial charge in [0.15, 0.2) is 0 Å². The number of nitrogens with one attached hydrogen (secondary N) is 1. The molecule has 0 spiro atoms. The van der Waals surface area contributed by atoms with E-state index in [9.17, 15) is 14.0 Å². The Balaban J connectivity index is 2.51. The van der Waals surface area contributed by atoms with Gasteiger partial charge in [-0.1, -0.05) is 12.2 Å². The maximum atomic E-state index is 13.5. The molecule has 1 aromatic carbocycles. The smallest absolute Gasteiger partial charge is 0.268 e. The van der Waals surface area contributed by atoms with Crippen LogP contribution in [0.25, 0.3) is 0 Å². The van der Waals surface area contributed by atoms with Crippen LogP contribution in [-0.2, 0) is 6.54 Å². The third-order valence-electron chi connectivity index (χ3n) is 3.29. The van der Waals surface area contributed by atoms with E-state index >= 15 is 0 Å². The minimum atomic E-state index is -0.505. The number of hydrogen-bond donors (Lipinski definition) is 2. The van der Waals surface area contributed by atoms with Gasteiger partial charge >= 0.3 is 0 Å². The molecule has 0 fully saturated rings. The summed E-state index contributed by atoms with van der Waals surface area (Å²) in [4.78, 5) is 23.9. The largest absolute Gasteiger partial charge is 0.389 e. The summed E-state index contributed by atoms with van der Waals surface area (Å²) in [5.41, 5.74) is 6.41. The molecule has 0 bridgehead atoms. The van der Waals surface area contributed by atoms with E-state index < -0.39 is 5.82 Å². The fourth-order valence-electron chi connectivity index (χ4n) is 1.97. The van der Waals surface area contributed by atoms with E-state index in [0.29, 0.717) is 22.3 Å². The highest BCUT2D eigenvalue weighted by Gasteiger charge is 2.09. The molecule has 0 saturated heterocycles. The van der Waals surface area contributed by atoms with Crippen molar-refractivity contribution in [2.24, 2.45) is 5.73 Å². The zero-order chi connectivity index (χ0) is 15.7. The number of nitrogens with two attached hydrogens (primary N) is 1. The molecule has 110 valence electrons. The average Bonchev–Trinajstić information content (AvgIpc) is 2.41. The van der Waals surface area contributed by atoms with Crippen molar-refractivity contribution < 1.29 is 4.39 Å². The summed E-state index contributed by atoms with van der Waals surface area (Å²) in [5, 5.41) is 2.46. The van der Waals surface area contributed by atoms with Crippen molar-refractivity contribution >= 4 is 17.2 Å². The van der Waals surface area contributed by atoms with E-state index in [4.69, 9.17) is 18.0 Å². The predicted octanol–water partition coefficient (Wildman–Crippen LogP) is 0.975. The molecule has 2 aromatic rings. The molecule has 0 aliphatic heterocycles. The molecule has 0 amide bonds. The molecule has 1 aromatic heterocycles. The molecule has 21 heavy (non-hydrogen) atoms. The van der Waals surface area contributed by atoms with Gasteiger partial charge in [0, 0.05) is 16.7 Å². The van der Waals surface area contributed by atoms with Gasteiger partial charge in [-0.25, -0.2) is 9.07 Å². The Kier molecular flexibility index (Phi) is 4.04. The molecule has 0 aliphatic carbocycles. The average molecular weight is 307 g/mol. The molecule has 0 aliphatic rings. The van der Waals surface area contributed by atoms with Gasteiger partial charge in [-0.3, -0.25) is 14.7 Å². The van der Waals surface area contributed by atoms with Crippen molar-refractivity contribution in [3.63, 3.8) is 0 Å². The zero-order valence-electron chi connectivity index (χ0n) is 11.6. The number of nitrogens with zero attached hydrogens (tertiary/aromatic N) is 1.